The molecule has 1 N–H and O–H groups in total. The Balaban J connectivity index is 2.18. The number of nitrogens with one attached hydrogen (secondary N) is 1. The Bertz CT molecular complexity index is 655. The zero-order valence-corrected chi connectivity index (χ0v) is 13.9. The molecule has 0 radical (unpaired) electrons. The van der Waals surface area contributed by atoms with Gasteiger partial charge in [-0.25, -0.2) is 0 Å². The molecule has 5 nitrogen and oxygen atoms in total. The topological polar surface area (TPSA) is 66.2 Å². The summed E-state index contributed by atoms with van der Waals surface area (Å²) in [5.41, 5.74) is 3.19. The third-order valence-electron chi connectivity index (χ3n) is 3.04. The van der Waals surface area contributed by atoms with E-state index in [-0.39, 0.29) is 5.78 Å². The molecule has 114 valence electrons. The van der Waals surface area contributed by atoms with Crippen molar-refractivity contribution < 1.29 is 4.79 Å². The van der Waals surface area contributed by atoms with Crippen molar-refractivity contribution in [3.63, 3.8) is 0 Å². The molecule has 22 heavy (non-hydrogen) atoms. The molecule has 0 spiro atoms. The average molecular weight is 332 g/mol. The molecule has 0 amide bonds. The highest BCUT2D eigenvalue weighted by Crippen LogP contribution is 2.24. The Labute approximate surface area is 139 Å². The third-order valence-corrected chi connectivity index (χ3v) is 4.09. The van der Waals surface area contributed by atoms with Gasteiger partial charge in [0, 0.05) is 12.6 Å². The molecule has 0 saturated heterocycles. The Morgan fingerprint density at radius 3 is 2.77 bits per heavy atom. The highest BCUT2D eigenvalue weighted by molar-refractivity contribution is 8.22. The fraction of sp³-hybridized carbons (Fsp3) is 0.267. The van der Waals surface area contributed by atoms with Gasteiger partial charge in [0.2, 0.25) is 11.4 Å². The number of rotatable bonds is 5. The van der Waals surface area contributed by atoms with Crippen LogP contribution in [0.5, 0.6) is 0 Å². The predicted molar refractivity (Wildman–Crippen MR) is 97.2 cm³/mol. The lowest BCUT2D eigenvalue weighted by molar-refractivity contribution is -0.116. The van der Waals surface area contributed by atoms with Crippen LogP contribution in [0.1, 0.15) is 12.5 Å². The second-order valence-corrected chi connectivity index (χ2v) is 6.20. The number of thiocarbonyl (C=S) groups is 1. The first-order valence-electron chi connectivity index (χ1n) is 6.63. The lowest BCUT2D eigenvalue weighted by Gasteiger charge is -2.19. The molecule has 0 fully saturated rings. The van der Waals surface area contributed by atoms with Crippen LogP contribution in [-0.4, -0.2) is 40.2 Å². The maximum atomic E-state index is 12.5. The van der Waals surface area contributed by atoms with Gasteiger partial charge in [-0.05, 0) is 18.7 Å². The molecule has 0 bridgehead atoms. The lowest BCUT2D eigenvalue weighted by atomic mass is 9.97. The summed E-state index contributed by atoms with van der Waals surface area (Å²) in [7, 11) is 0. The van der Waals surface area contributed by atoms with E-state index < -0.39 is 5.66 Å². The smallest absolute Gasteiger partial charge is 0.225 e. The van der Waals surface area contributed by atoms with Crippen LogP contribution >= 0.6 is 24.0 Å². The number of carbonyl (C=O) groups is 1. The van der Waals surface area contributed by atoms with Crippen LogP contribution < -0.4 is 5.43 Å². The van der Waals surface area contributed by atoms with E-state index in [9.17, 15) is 4.79 Å². The first-order chi connectivity index (χ1) is 10.6. The van der Waals surface area contributed by atoms with Crippen LogP contribution in [0.4, 0.5) is 0 Å². The summed E-state index contributed by atoms with van der Waals surface area (Å²) in [6.45, 7) is 1.82. The average Bonchev–Trinajstić information content (AvgIpc) is 2.90. The van der Waals surface area contributed by atoms with Crippen molar-refractivity contribution >= 4 is 52.2 Å². The van der Waals surface area contributed by atoms with E-state index in [4.69, 9.17) is 12.2 Å². The summed E-state index contributed by atoms with van der Waals surface area (Å²) in [4.78, 5) is 21.3. The van der Waals surface area contributed by atoms with Crippen molar-refractivity contribution in [3.8, 4) is 0 Å². The number of hydrazone groups is 1. The van der Waals surface area contributed by atoms with Crippen molar-refractivity contribution in [2.75, 3.05) is 6.26 Å². The number of carbonyl (C=O) groups excluding carboxylic acids is 1. The molecule has 0 saturated carbocycles. The summed E-state index contributed by atoms with van der Waals surface area (Å²) >= 11 is 6.31. The number of aliphatic imine (C=N–C) groups is 2. The van der Waals surface area contributed by atoms with Gasteiger partial charge in [0.1, 0.15) is 0 Å². The van der Waals surface area contributed by atoms with Gasteiger partial charge in [0.15, 0.2) is 4.32 Å². The Kier molecular flexibility index (Phi) is 5.57. The van der Waals surface area contributed by atoms with Gasteiger partial charge in [-0.15, -0.1) is 0 Å². The molecular formula is C15H16N4OS2. The zero-order chi connectivity index (χ0) is 16.0. The summed E-state index contributed by atoms with van der Waals surface area (Å²) in [5.74, 6) is -0.277. The van der Waals surface area contributed by atoms with E-state index >= 15 is 0 Å². The maximum absolute atomic E-state index is 12.5. The van der Waals surface area contributed by atoms with Crippen LogP contribution in [-0.2, 0) is 11.2 Å². The molecule has 2 rings (SSSR count). The molecule has 1 unspecified atom stereocenters. The van der Waals surface area contributed by atoms with Gasteiger partial charge in [-0.2, -0.15) is 5.10 Å². The number of Topliss-reactive ketones (excluding diaryl/α,β-unsaturated/α-hetero) is 1. The Morgan fingerprint density at radius 1 is 1.45 bits per heavy atom. The van der Waals surface area contributed by atoms with Crippen molar-refractivity contribution in [2.24, 2.45) is 15.1 Å². The van der Waals surface area contributed by atoms with Crippen LogP contribution in [0, 0.1) is 0 Å². The van der Waals surface area contributed by atoms with Crippen molar-refractivity contribution in [1.29, 1.82) is 0 Å². The molecule has 1 aromatic carbocycles. The molecule has 1 aliphatic heterocycles. The summed E-state index contributed by atoms with van der Waals surface area (Å²) in [5, 5.41) is 3.87. The highest BCUT2D eigenvalue weighted by Gasteiger charge is 2.38. The molecule has 0 aromatic heterocycles. The molecule has 1 heterocycles. The maximum Gasteiger partial charge on any atom is 0.225 e. The molecule has 1 atom stereocenters. The zero-order valence-electron chi connectivity index (χ0n) is 12.3. The van der Waals surface area contributed by atoms with E-state index in [1.54, 1.807) is 6.21 Å². The van der Waals surface area contributed by atoms with Gasteiger partial charge >= 0.3 is 0 Å². The Hall–Kier alpha value is -1.86. The second kappa shape index (κ2) is 7.42. The molecule has 1 aromatic rings. The fourth-order valence-corrected chi connectivity index (χ4v) is 2.21. The number of ketones is 1. The number of hydrogen-bond acceptors (Lipinski definition) is 6. The van der Waals surface area contributed by atoms with E-state index in [1.807, 2.05) is 43.5 Å². The van der Waals surface area contributed by atoms with E-state index in [2.05, 4.69) is 20.5 Å². The van der Waals surface area contributed by atoms with Gasteiger partial charge in [0.25, 0.3) is 0 Å². The van der Waals surface area contributed by atoms with Crippen molar-refractivity contribution in [2.45, 2.75) is 19.0 Å². The summed E-state index contributed by atoms with van der Waals surface area (Å²) < 4.78 is 0.496. The monoisotopic (exact) mass is 332 g/mol. The molecule has 7 heteroatoms. The normalized spacial score (nSPS) is 20.2. The van der Waals surface area contributed by atoms with Crippen molar-refractivity contribution in [3.05, 3.63) is 35.9 Å². The van der Waals surface area contributed by atoms with Gasteiger partial charge in [-0.1, -0.05) is 54.3 Å². The predicted octanol–water partition coefficient (Wildman–Crippen LogP) is 2.26. The van der Waals surface area contributed by atoms with Crippen LogP contribution in [0.25, 0.3) is 0 Å². The number of benzene rings is 1. The van der Waals surface area contributed by atoms with Crippen LogP contribution in [0.3, 0.4) is 0 Å². The van der Waals surface area contributed by atoms with Gasteiger partial charge in [-0.3, -0.25) is 20.2 Å². The first kappa shape index (κ1) is 16.5. The number of hydrogen-bond donors (Lipinski definition) is 1. The Morgan fingerprint density at radius 2 is 2.18 bits per heavy atom. The first-order valence-corrected chi connectivity index (χ1v) is 8.26. The fourth-order valence-electron chi connectivity index (χ4n) is 2.01. The standard InChI is InChI=1S/C15H16N4OS2/c1-11-9-16-15(18-11,8-12-6-4-3-5-7-12)13(20)10-17-19-14(21)22-2/h3-7,9-10H,8H2,1-2H3,(H,19,21). The third kappa shape index (κ3) is 4.08. The van der Waals surface area contributed by atoms with E-state index in [1.165, 1.54) is 18.0 Å². The minimum atomic E-state index is -1.16. The van der Waals surface area contributed by atoms with Gasteiger partial charge in [0.05, 0.1) is 11.9 Å². The minimum Gasteiger partial charge on any atom is -0.288 e. The summed E-state index contributed by atoms with van der Waals surface area (Å²) in [6.07, 6.45) is 5.05. The number of thioether (sulfide) groups is 1. The quantitative estimate of drug-likeness (QED) is 0.510. The van der Waals surface area contributed by atoms with Crippen LogP contribution in [0.2, 0.25) is 0 Å². The van der Waals surface area contributed by atoms with E-state index in [0.29, 0.717) is 10.7 Å². The summed E-state index contributed by atoms with van der Waals surface area (Å²) in [6, 6.07) is 9.68. The lowest BCUT2D eigenvalue weighted by Crippen LogP contribution is -2.37. The molecule has 1 aliphatic rings. The molecular weight excluding hydrogens is 316 g/mol. The van der Waals surface area contributed by atoms with Gasteiger partial charge < -0.3 is 0 Å². The number of nitrogens with zero attached hydrogens (tertiary/aromatic N) is 3. The van der Waals surface area contributed by atoms with Crippen molar-refractivity contribution in [1.82, 2.24) is 5.43 Å². The van der Waals surface area contributed by atoms with E-state index in [0.717, 1.165) is 11.3 Å². The van der Waals surface area contributed by atoms with Crippen LogP contribution in [0.15, 0.2) is 45.4 Å². The highest BCUT2D eigenvalue weighted by atomic mass is 32.2. The molecule has 0 aliphatic carbocycles. The minimum absolute atomic E-state index is 0.277. The second-order valence-electron chi connectivity index (χ2n) is 4.72. The largest absolute Gasteiger partial charge is 0.288 e. The SMILES string of the molecule is CSC(=S)NN=CC(=O)C1(Cc2ccccc2)N=CC(C)=N1.